The van der Waals surface area contributed by atoms with Crippen LogP contribution in [-0.4, -0.2) is 9.55 Å². The fourth-order valence-electron chi connectivity index (χ4n) is 3.57. The minimum Gasteiger partial charge on any atom is -0.326 e. The van der Waals surface area contributed by atoms with Gasteiger partial charge in [-0.2, -0.15) is 0 Å². The first-order chi connectivity index (χ1) is 9.65. The molecule has 3 heteroatoms. The van der Waals surface area contributed by atoms with E-state index in [1.807, 2.05) is 13.0 Å². The van der Waals surface area contributed by atoms with Gasteiger partial charge in [-0.15, -0.1) is 11.6 Å². The Morgan fingerprint density at radius 2 is 2.15 bits per heavy atom. The second-order valence-electron chi connectivity index (χ2n) is 6.32. The predicted molar refractivity (Wildman–Crippen MR) is 85.1 cm³/mol. The average molecular weight is 291 g/mol. The van der Waals surface area contributed by atoms with Crippen LogP contribution in [0.3, 0.4) is 0 Å². The molecule has 3 atom stereocenters. The Morgan fingerprint density at radius 3 is 2.90 bits per heavy atom. The van der Waals surface area contributed by atoms with Crippen LogP contribution in [0.1, 0.15) is 50.7 Å². The highest BCUT2D eigenvalue weighted by Crippen LogP contribution is 2.32. The zero-order chi connectivity index (χ0) is 14.1. The average Bonchev–Trinajstić information content (AvgIpc) is 2.78. The van der Waals surface area contributed by atoms with Crippen LogP contribution in [0.5, 0.6) is 0 Å². The lowest BCUT2D eigenvalue weighted by atomic mass is 9.82. The van der Waals surface area contributed by atoms with Gasteiger partial charge < -0.3 is 4.57 Å². The standard InChI is InChI=1S/C17H23ClN2/c1-12-6-5-7-14(10-12)11-20-16-9-4-3-8-15(16)19-17(20)13(2)18/h3-4,8-9,12-14H,5-7,10-11H2,1-2H3. The number of benzene rings is 1. The van der Waals surface area contributed by atoms with Gasteiger partial charge >= 0.3 is 0 Å². The largest absolute Gasteiger partial charge is 0.326 e. The topological polar surface area (TPSA) is 17.8 Å². The summed E-state index contributed by atoms with van der Waals surface area (Å²) in [4.78, 5) is 4.73. The molecule has 3 unspecified atom stereocenters. The molecule has 1 aliphatic rings. The lowest BCUT2D eigenvalue weighted by molar-refractivity contribution is 0.257. The van der Waals surface area contributed by atoms with Gasteiger partial charge in [0.15, 0.2) is 0 Å². The maximum absolute atomic E-state index is 6.34. The summed E-state index contributed by atoms with van der Waals surface area (Å²) in [7, 11) is 0. The van der Waals surface area contributed by atoms with Crippen molar-refractivity contribution in [3.63, 3.8) is 0 Å². The summed E-state index contributed by atoms with van der Waals surface area (Å²) in [5.41, 5.74) is 2.30. The summed E-state index contributed by atoms with van der Waals surface area (Å²) in [5.74, 6) is 2.65. The van der Waals surface area contributed by atoms with E-state index >= 15 is 0 Å². The molecule has 0 N–H and O–H groups in total. The summed E-state index contributed by atoms with van der Waals surface area (Å²) in [5, 5.41) is -0.0385. The highest BCUT2D eigenvalue weighted by atomic mass is 35.5. The molecule has 0 spiro atoms. The van der Waals surface area contributed by atoms with Gasteiger partial charge in [0.1, 0.15) is 5.82 Å². The summed E-state index contributed by atoms with van der Waals surface area (Å²) >= 11 is 6.34. The monoisotopic (exact) mass is 290 g/mol. The van der Waals surface area contributed by atoms with Crippen molar-refractivity contribution in [1.82, 2.24) is 9.55 Å². The maximum atomic E-state index is 6.34. The maximum Gasteiger partial charge on any atom is 0.127 e. The Morgan fingerprint density at radius 1 is 1.35 bits per heavy atom. The number of alkyl halides is 1. The fraction of sp³-hybridized carbons (Fsp3) is 0.588. The van der Waals surface area contributed by atoms with Crippen molar-refractivity contribution in [3.05, 3.63) is 30.1 Å². The third-order valence-corrected chi connectivity index (χ3v) is 4.72. The predicted octanol–water partition coefficient (Wildman–Crippen LogP) is 5.16. The zero-order valence-electron chi connectivity index (χ0n) is 12.3. The highest BCUT2D eigenvalue weighted by Gasteiger charge is 2.22. The Labute approximate surface area is 126 Å². The van der Waals surface area contributed by atoms with Crippen LogP contribution in [0.2, 0.25) is 0 Å². The second kappa shape index (κ2) is 5.77. The number of nitrogens with zero attached hydrogens (tertiary/aromatic N) is 2. The third kappa shape index (κ3) is 2.71. The molecule has 1 aromatic carbocycles. The molecule has 3 rings (SSSR count). The first-order valence-electron chi connectivity index (χ1n) is 7.74. The number of aromatic nitrogens is 2. The van der Waals surface area contributed by atoms with Crippen molar-refractivity contribution in [2.45, 2.75) is 51.5 Å². The Balaban J connectivity index is 1.94. The molecule has 1 aliphatic carbocycles. The Bertz CT molecular complexity index is 588. The normalized spacial score (nSPS) is 24.9. The van der Waals surface area contributed by atoms with Crippen LogP contribution in [0.25, 0.3) is 11.0 Å². The van der Waals surface area contributed by atoms with Crippen LogP contribution in [0.15, 0.2) is 24.3 Å². The molecular weight excluding hydrogens is 268 g/mol. The van der Waals surface area contributed by atoms with E-state index in [2.05, 4.69) is 29.7 Å². The van der Waals surface area contributed by atoms with E-state index < -0.39 is 0 Å². The molecule has 20 heavy (non-hydrogen) atoms. The van der Waals surface area contributed by atoms with Crippen LogP contribution >= 0.6 is 11.6 Å². The van der Waals surface area contributed by atoms with Gasteiger partial charge in [0.25, 0.3) is 0 Å². The van der Waals surface area contributed by atoms with Crippen molar-refractivity contribution in [2.24, 2.45) is 11.8 Å². The number of hydrogen-bond acceptors (Lipinski definition) is 1. The van der Waals surface area contributed by atoms with Crippen molar-refractivity contribution >= 4 is 22.6 Å². The molecule has 1 heterocycles. The molecule has 0 saturated heterocycles. The van der Waals surface area contributed by atoms with Gasteiger partial charge in [0.05, 0.1) is 16.4 Å². The van der Waals surface area contributed by atoms with Crippen molar-refractivity contribution < 1.29 is 0 Å². The minimum absolute atomic E-state index is 0.0385. The Hall–Kier alpha value is -1.02. The number of imidazole rings is 1. The van der Waals surface area contributed by atoms with E-state index in [9.17, 15) is 0 Å². The SMILES string of the molecule is CC1CCCC(Cn2c(C(C)Cl)nc3ccccc32)C1. The van der Waals surface area contributed by atoms with Gasteiger partial charge in [-0.3, -0.25) is 0 Å². The molecule has 1 aromatic heterocycles. The molecule has 0 bridgehead atoms. The van der Waals surface area contributed by atoms with E-state index in [1.54, 1.807) is 0 Å². The zero-order valence-corrected chi connectivity index (χ0v) is 13.1. The van der Waals surface area contributed by atoms with Crippen molar-refractivity contribution in [2.75, 3.05) is 0 Å². The van der Waals surface area contributed by atoms with E-state index in [0.717, 1.165) is 29.7 Å². The molecular formula is C17H23ClN2. The first kappa shape index (κ1) is 13.9. The lowest BCUT2D eigenvalue weighted by Gasteiger charge is -2.27. The fourth-order valence-corrected chi connectivity index (χ4v) is 3.74. The molecule has 1 fully saturated rings. The van der Waals surface area contributed by atoms with Crippen molar-refractivity contribution in [1.29, 1.82) is 0 Å². The van der Waals surface area contributed by atoms with E-state index in [1.165, 1.54) is 31.2 Å². The third-order valence-electron chi connectivity index (χ3n) is 4.53. The lowest BCUT2D eigenvalue weighted by Crippen LogP contribution is -2.19. The highest BCUT2D eigenvalue weighted by molar-refractivity contribution is 6.20. The van der Waals surface area contributed by atoms with Crippen molar-refractivity contribution in [3.8, 4) is 0 Å². The van der Waals surface area contributed by atoms with Gasteiger partial charge in [-0.05, 0) is 43.7 Å². The Kier molecular flexibility index (Phi) is 4.02. The molecule has 108 valence electrons. The number of para-hydroxylation sites is 2. The summed E-state index contributed by atoms with van der Waals surface area (Å²) in [6.07, 6.45) is 5.43. The smallest absolute Gasteiger partial charge is 0.127 e. The van der Waals surface area contributed by atoms with Crippen LogP contribution in [-0.2, 0) is 6.54 Å². The van der Waals surface area contributed by atoms with Gasteiger partial charge in [0, 0.05) is 6.54 Å². The molecule has 2 aromatic rings. The molecule has 2 nitrogen and oxygen atoms in total. The number of hydrogen-bond donors (Lipinski definition) is 0. The van der Waals surface area contributed by atoms with Gasteiger partial charge in [-0.1, -0.05) is 31.9 Å². The summed E-state index contributed by atoms with van der Waals surface area (Å²) < 4.78 is 2.36. The number of fused-ring (bicyclic) bond motifs is 1. The van der Waals surface area contributed by atoms with Gasteiger partial charge in [-0.25, -0.2) is 4.98 Å². The first-order valence-corrected chi connectivity index (χ1v) is 8.18. The summed E-state index contributed by atoms with van der Waals surface area (Å²) in [6.45, 7) is 5.46. The van der Waals surface area contributed by atoms with Crippen LogP contribution in [0, 0.1) is 11.8 Å². The van der Waals surface area contributed by atoms with Crippen LogP contribution in [0.4, 0.5) is 0 Å². The van der Waals surface area contributed by atoms with Crippen LogP contribution < -0.4 is 0 Å². The molecule has 0 amide bonds. The second-order valence-corrected chi connectivity index (χ2v) is 6.98. The molecule has 0 aliphatic heterocycles. The molecule has 1 saturated carbocycles. The molecule has 0 radical (unpaired) electrons. The summed E-state index contributed by atoms with van der Waals surface area (Å²) in [6, 6.07) is 8.38. The van der Waals surface area contributed by atoms with Gasteiger partial charge in [0.2, 0.25) is 0 Å². The van der Waals surface area contributed by atoms with E-state index in [-0.39, 0.29) is 5.38 Å². The number of halogens is 1. The number of rotatable bonds is 3. The minimum atomic E-state index is -0.0385. The van der Waals surface area contributed by atoms with E-state index in [4.69, 9.17) is 16.6 Å². The van der Waals surface area contributed by atoms with E-state index in [0.29, 0.717) is 0 Å². The quantitative estimate of drug-likeness (QED) is 0.714.